The van der Waals surface area contributed by atoms with Crippen LogP contribution in [0.2, 0.25) is 0 Å². The van der Waals surface area contributed by atoms with Crippen molar-refractivity contribution in [2.45, 2.75) is 13.3 Å². The lowest BCUT2D eigenvalue weighted by molar-refractivity contribution is 0.344. The lowest BCUT2D eigenvalue weighted by atomic mass is 10.2. The average molecular weight is 270 g/mol. The molecule has 0 bridgehead atoms. The van der Waals surface area contributed by atoms with Gasteiger partial charge in [0.05, 0.1) is 5.56 Å². The molecule has 1 aromatic heterocycles. The van der Waals surface area contributed by atoms with Crippen LogP contribution in [0.15, 0.2) is 42.7 Å². The van der Waals surface area contributed by atoms with E-state index in [9.17, 15) is 0 Å². The molecule has 5 heteroatoms. The maximum absolute atomic E-state index is 5.66. The summed E-state index contributed by atoms with van der Waals surface area (Å²) < 4.78 is 5.66. The van der Waals surface area contributed by atoms with Crippen molar-refractivity contribution in [3.63, 3.8) is 0 Å². The number of hydrazine groups is 1. The molecule has 0 saturated heterocycles. The van der Waals surface area contributed by atoms with E-state index >= 15 is 0 Å². The van der Waals surface area contributed by atoms with Crippen LogP contribution in [-0.2, 0) is 6.42 Å². The largest absolute Gasteiger partial charge is 0.473 e. The topological polar surface area (TPSA) is 73.1 Å². The number of anilines is 1. The number of benzene rings is 1. The number of nitrogens with zero attached hydrogens (tertiary/aromatic N) is 2. The molecule has 0 unspecified atom stereocenters. The summed E-state index contributed by atoms with van der Waals surface area (Å²) in [4.78, 5) is 8.20. The molecule has 0 radical (unpaired) electrons. The molecule has 0 aliphatic heterocycles. The Morgan fingerprint density at radius 2 is 2.05 bits per heavy atom. The molecule has 0 spiro atoms. The fourth-order valence-corrected chi connectivity index (χ4v) is 1.84. The van der Waals surface area contributed by atoms with Gasteiger partial charge < -0.3 is 10.2 Å². The van der Waals surface area contributed by atoms with E-state index in [0.29, 0.717) is 18.3 Å². The average Bonchev–Trinajstić information content (AvgIpc) is 2.52. The second-order valence-corrected chi connectivity index (χ2v) is 4.13. The molecule has 0 aliphatic carbocycles. The van der Waals surface area contributed by atoms with Crippen LogP contribution in [0.5, 0.6) is 5.88 Å². The maximum Gasteiger partial charge on any atom is 0.222 e. The Morgan fingerprint density at radius 1 is 1.25 bits per heavy atom. The van der Waals surface area contributed by atoms with Crippen LogP contribution in [0.4, 0.5) is 5.82 Å². The fourth-order valence-electron chi connectivity index (χ4n) is 1.84. The molecule has 5 nitrogen and oxygen atoms in total. The zero-order valence-electron chi connectivity index (χ0n) is 11.4. The Bertz CT molecular complexity index is 569. The number of nitrogens with two attached hydrogens (primary N) is 1. The quantitative estimate of drug-likeness (QED) is 0.623. The molecule has 0 aliphatic rings. The van der Waals surface area contributed by atoms with E-state index in [1.807, 2.05) is 49.4 Å². The minimum Gasteiger partial charge on any atom is -0.473 e. The third-order valence-corrected chi connectivity index (χ3v) is 2.82. The minimum atomic E-state index is 0.447. The number of aromatic nitrogens is 2. The smallest absolute Gasteiger partial charge is 0.222 e. The number of rotatable bonds is 6. The van der Waals surface area contributed by atoms with Crippen LogP contribution in [-0.4, -0.2) is 16.6 Å². The molecule has 3 N–H and O–H groups in total. The van der Waals surface area contributed by atoms with Crippen molar-refractivity contribution in [3.05, 3.63) is 53.9 Å². The van der Waals surface area contributed by atoms with E-state index in [2.05, 4.69) is 15.4 Å². The summed E-state index contributed by atoms with van der Waals surface area (Å²) >= 11 is 0. The van der Waals surface area contributed by atoms with Gasteiger partial charge in [-0.15, -0.1) is 0 Å². The number of hydrogen-bond donors (Lipinski definition) is 2. The van der Waals surface area contributed by atoms with Gasteiger partial charge in [-0.3, -0.25) is 0 Å². The van der Waals surface area contributed by atoms with Crippen molar-refractivity contribution in [3.8, 4) is 5.88 Å². The number of nitrogens with one attached hydrogen (secondary N) is 1. The number of nitrogen functional groups attached to an aromatic ring is 1. The van der Waals surface area contributed by atoms with Crippen LogP contribution in [0.3, 0.4) is 0 Å². The molecule has 0 fully saturated rings. The van der Waals surface area contributed by atoms with Gasteiger partial charge in [0.15, 0.2) is 0 Å². The van der Waals surface area contributed by atoms with Crippen LogP contribution in [0.25, 0.3) is 6.08 Å². The van der Waals surface area contributed by atoms with E-state index in [1.165, 1.54) is 6.33 Å². The predicted octanol–water partition coefficient (Wildman–Crippen LogP) is 2.42. The second kappa shape index (κ2) is 7.25. The first-order valence-electron chi connectivity index (χ1n) is 6.50. The van der Waals surface area contributed by atoms with Crippen LogP contribution in [0, 0.1) is 0 Å². The van der Waals surface area contributed by atoms with Crippen LogP contribution in [0.1, 0.15) is 18.1 Å². The van der Waals surface area contributed by atoms with Gasteiger partial charge in [-0.2, -0.15) is 0 Å². The van der Waals surface area contributed by atoms with Gasteiger partial charge >= 0.3 is 0 Å². The maximum atomic E-state index is 5.66. The lowest BCUT2D eigenvalue weighted by Gasteiger charge is -2.10. The molecule has 0 amide bonds. The molecule has 2 rings (SSSR count). The highest BCUT2D eigenvalue weighted by Crippen LogP contribution is 2.21. The Balaban J connectivity index is 1.99. The summed E-state index contributed by atoms with van der Waals surface area (Å²) in [5, 5.41) is 0. The molecule has 20 heavy (non-hydrogen) atoms. The normalized spacial score (nSPS) is 10.7. The summed E-state index contributed by atoms with van der Waals surface area (Å²) in [6.45, 7) is 2.45. The standard InChI is InChI=1S/C15H18N4O/c1-2-13-14(19-16)17-11-18-15(13)20-10-6-9-12-7-4-3-5-8-12/h3-9,11H,2,10,16H2,1H3,(H,17,18,19)/b9-6+. The van der Waals surface area contributed by atoms with Crippen molar-refractivity contribution in [2.75, 3.05) is 12.0 Å². The Hall–Kier alpha value is -2.40. The van der Waals surface area contributed by atoms with Crippen molar-refractivity contribution in [1.29, 1.82) is 0 Å². The van der Waals surface area contributed by atoms with E-state index in [1.54, 1.807) is 0 Å². The van der Waals surface area contributed by atoms with Gasteiger partial charge in [-0.25, -0.2) is 15.8 Å². The summed E-state index contributed by atoms with van der Waals surface area (Å²) in [5.74, 6) is 6.58. The molecule has 0 atom stereocenters. The highest BCUT2D eigenvalue weighted by molar-refractivity contribution is 5.49. The Morgan fingerprint density at radius 3 is 2.75 bits per heavy atom. The van der Waals surface area contributed by atoms with E-state index in [4.69, 9.17) is 10.6 Å². The fraction of sp³-hybridized carbons (Fsp3) is 0.200. The third kappa shape index (κ3) is 3.55. The lowest BCUT2D eigenvalue weighted by Crippen LogP contribution is -2.12. The summed E-state index contributed by atoms with van der Waals surface area (Å²) in [7, 11) is 0. The van der Waals surface area contributed by atoms with Crippen molar-refractivity contribution in [1.82, 2.24) is 9.97 Å². The van der Waals surface area contributed by atoms with Crippen molar-refractivity contribution < 1.29 is 4.74 Å². The van der Waals surface area contributed by atoms with Gasteiger partial charge in [0.1, 0.15) is 18.8 Å². The van der Waals surface area contributed by atoms with Crippen molar-refractivity contribution in [2.24, 2.45) is 5.84 Å². The highest BCUT2D eigenvalue weighted by atomic mass is 16.5. The molecule has 0 saturated carbocycles. The summed E-state index contributed by atoms with van der Waals surface area (Å²) in [6, 6.07) is 10.1. The van der Waals surface area contributed by atoms with Crippen molar-refractivity contribution >= 4 is 11.9 Å². The predicted molar refractivity (Wildman–Crippen MR) is 80.2 cm³/mol. The van der Waals surface area contributed by atoms with E-state index in [-0.39, 0.29) is 0 Å². The molecule has 1 aromatic carbocycles. The zero-order valence-corrected chi connectivity index (χ0v) is 11.4. The van der Waals surface area contributed by atoms with Gasteiger partial charge in [-0.05, 0) is 18.1 Å². The van der Waals surface area contributed by atoms with E-state index < -0.39 is 0 Å². The summed E-state index contributed by atoms with van der Waals surface area (Å²) in [5.41, 5.74) is 4.57. The first kappa shape index (κ1) is 14.0. The Labute approximate surface area is 118 Å². The number of ether oxygens (including phenoxy) is 1. The minimum absolute atomic E-state index is 0.447. The van der Waals surface area contributed by atoms with Crippen LogP contribution < -0.4 is 16.0 Å². The first-order valence-corrected chi connectivity index (χ1v) is 6.50. The van der Waals surface area contributed by atoms with Crippen LogP contribution >= 0.6 is 0 Å². The third-order valence-electron chi connectivity index (χ3n) is 2.82. The molecule has 2 aromatic rings. The number of hydrogen-bond acceptors (Lipinski definition) is 5. The summed E-state index contributed by atoms with van der Waals surface area (Å²) in [6.07, 6.45) is 6.14. The van der Waals surface area contributed by atoms with E-state index in [0.717, 1.165) is 17.5 Å². The first-order chi connectivity index (χ1) is 9.85. The second-order valence-electron chi connectivity index (χ2n) is 4.13. The zero-order chi connectivity index (χ0) is 14.2. The van der Waals surface area contributed by atoms with Gasteiger partial charge in [0.2, 0.25) is 5.88 Å². The van der Waals surface area contributed by atoms with Gasteiger partial charge in [0.25, 0.3) is 0 Å². The SMILES string of the molecule is CCc1c(NN)ncnc1OC/C=C/c1ccccc1. The van der Waals surface area contributed by atoms with Gasteiger partial charge in [-0.1, -0.05) is 43.3 Å². The highest BCUT2D eigenvalue weighted by Gasteiger charge is 2.09. The molecule has 1 heterocycles. The monoisotopic (exact) mass is 270 g/mol. The molecule has 104 valence electrons. The molecular weight excluding hydrogens is 252 g/mol. The van der Waals surface area contributed by atoms with Gasteiger partial charge in [0, 0.05) is 0 Å². The Kier molecular flexibility index (Phi) is 5.08. The molecular formula is C15H18N4O.